The van der Waals surface area contributed by atoms with Gasteiger partial charge < -0.3 is 10.2 Å². The van der Waals surface area contributed by atoms with Crippen LogP contribution in [0.5, 0.6) is 0 Å². The molecule has 1 N–H and O–H groups in total. The molecule has 0 radical (unpaired) electrons. The second-order valence-corrected chi connectivity index (χ2v) is 6.92. The fraction of sp³-hybridized carbons (Fsp3) is 0.812. The Balaban J connectivity index is 1.47. The molecule has 1 aliphatic heterocycles. The van der Waals surface area contributed by atoms with Gasteiger partial charge >= 0.3 is 0 Å². The monoisotopic (exact) mass is 289 g/mol. The van der Waals surface area contributed by atoms with Gasteiger partial charge in [0.05, 0.1) is 5.69 Å². The highest BCUT2D eigenvalue weighted by atomic mass is 15.4. The summed E-state index contributed by atoms with van der Waals surface area (Å²) in [6.07, 6.45) is 5.52. The molecule has 2 saturated carbocycles. The lowest BCUT2D eigenvalue weighted by molar-refractivity contribution is 0.247. The Hall–Kier alpha value is -1.07. The maximum atomic E-state index is 4.67. The van der Waals surface area contributed by atoms with Crippen molar-refractivity contribution in [3.05, 3.63) is 11.3 Å². The van der Waals surface area contributed by atoms with E-state index in [1.54, 1.807) is 0 Å². The molecule has 0 amide bonds. The Morgan fingerprint density at radius 3 is 2.43 bits per heavy atom. The lowest BCUT2D eigenvalue weighted by Gasteiger charge is -2.36. The van der Waals surface area contributed by atoms with Crippen molar-refractivity contribution in [2.45, 2.75) is 51.2 Å². The van der Waals surface area contributed by atoms with E-state index in [0.29, 0.717) is 0 Å². The van der Waals surface area contributed by atoms with Crippen LogP contribution in [0.4, 0.5) is 5.82 Å². The van der Waals surface area contributed by atoms with Gasteiger partial charge in [0, 0.05) is 57.4 Å². The summed E-state index contributed by atoms with van der Waals surface area (Å²) >= 11 is 0. The molecule has 1 aromatic rings. The van der Waals surface area contributed by atoms with Crippen molar-refractivity contribution >= 4 is 5.82 Å². The van der Waals surface area contributed by atoms with Crippen LogP contribution in [0, 0.1) is 6.92 Å². The largest absolute Gasteiger partial charge is 0.354 e. The van der Waals surface area contributed by atoms with Gasteiger partial charge in [-0.05, 0) is 32.6 Å². The second kappa shape index (κ2) is 5.29. The van der Waals surface area contributed by atoms with Crippen LogP contribution in [0.15, 0.2) is 0 Å². The number of aryl methyl sites for hydroxylation is 2. The lowest BCUT2D eigenvalue weighted by atomic mass is 10.2. The summed E-state index contributed by atoms with van der Waals surface area (Å²) in [7, 11) is 2.09. The third-order valence-electron chi connectivity index (χ3n) is 5.14. The fourth-order valence-corrected chi connectivity index (χ4v) is 3.56. The van der Waals surface area contributed by atoms with Crippen LogP contribution in [0.3, 0.4) is 0 Å². The molecule has 0 unspecified atom stereocenters. The molecule has 3 aliphatic rings. The van der Waals surface area contributed by atoms with Gasteiger partial charge in [-0.3, -0.25) is 9.58 Å². The molecule has 0 atom stereocenters. The van der Waals surface area contributed by atoms with Crippen LogP contribution in [-0.2, 0) is 13.6 Å². The molecule has 21 heavy (non-hydrogen) atoms. The van der Waals surface area contributed by atoms with Crippen molar-refractivity contribution < 1.29 is 0 Å². The highest BCUT2D eigenvalue weighted by molar-refractivity contribution is 5.50. The summed E-state index contributed by atoms with van der Waals surface area (Å²) in [5.74, 6) is 1.34. The van der Waals surface area contributed by atoms with Crippen LogP contribution in [0.2, 0.25) is 0 Å². The Morgan fingerprint density at radius 1 is 1.10 bits per heavy atom. The topological polar surface area (TPSA) is 36.3 Å². The number of hydrogen-bond acceptors (Lipinski definition) is 4. The minimum absolute atomic E-state index is 0.754. The minimum Gasteiger partial charge on any atom is -0.354 e. The summed E-state index contributed by atoms with van der Waals surface area (Å²) in [5, 5.41) is 8.33. The van der Waals surface area contributed by atoms with E-state index in [2.05, 4.69) is 38.9 Å². The second-order valence-electron chi connectivity index (χ2n) is 6.92. The molecule has 2 aliphatic carbocycles. The van der Waals surface area contributed by atoms with Crippen molar-refractivity contribution in [1.29, 1.82) is 0 Å². The first-order chi connectivity index (χ1) is 10.2. The van der Waals surface area contributed by atoms with E-state index in [0.717, 1.165) is 31.7 Å². The van der Waals surface area contributed by atoms with Crippen molar-refractivity contribution in [2.24, 2.45) is 7.05 Å². The predicted molar refractivity (Wildman–Crippen MR) is 84.6 cm³/mol. The number of piperazine rings is 1. The first-order valence-corrected chi connectivity index (χ1v) is 8.47. The van der Waals surface area contributed by atoms with Crippen LogP contribution in [-0.4, -0.2) is 52.9 Å². The Labute approximate surface area is 127 Å². The van der Waals surface area contributed by atoms with Crippen LogP contribution in [0.25, 0.3) is 0 Å². The number of nitrogens with zero attached hydrogens (tertiary/aromatic N) is 4. The summed E-state index contributed by atoms with van der Waals surface area (Å²) in [6, 6.07) is 1.65. The van der Waals surface area contributed by atoms with Crippen molar-refractivity contribution in [3.8, 4) is 0 Å². The van der Waals surface area contributed by atoms with Crippen LogP contribution < -0.4 is 10.2 Å². The van der Waals surface area contributed by atoms with Crippen LogP contribution >= 0.6 is 0 Å². The van der Waals surface area contributed by atoms with Gasteiger partial charge in [0.25, 0.3) is 0 Å². The zero-order valence-electron chi connectivity index (χ0n) is 13.3. The first-order valence-electron chi connectivity index (χ1n) is 8.47. The molecule has 2 heterocycles. The van der Waals surface area contributed by atoms with E-state index in [1.807, 2.05) is 0 Å². The molecule has 4 rings (SSSR count). The van der Waals surface area contributed by atoms with Gasteiger partial charge in [0.2, 0.25) is 0 Å². The van der Waals surface area contributed by atoms with Crippen LogP contribution in [0.1, 0.15) is 36.9 Å². The van der Waals surface area contributed by atoms with E-state index in [1.165, 1.54) is 55.8 Å². The zero-order chi connectivity index (χ0) is 14.4. The number of rotatable bonds is 5. The van der Waals surface area contributed by atoms with Crippen molar-refractivity contribution in [3.63, 3.8) is 0 Å². The van der Waals surface area contributed by atoms with E-state index in [-0.39, 0.29) is 0 Å². The normalized spacial score (nSPS) is 23.8. The first kappa shape index (κ1) is 13.6. The number of aromatic nitrogens is 2. The maximum Gasteiger partial charge on any atom is 0.131 e. The molecule has 5 nitrogen and oxygen atoms in total. The molecule has 0 bridgehead atoms. The van der Waals surface area contributed by atoms with Gasteiger partial charge in [0.15, 0.2) is 0 Å². The predicted octanol–water partition coefficient (Wildman–Crippen LogP) is 1.26. The highest BCUT2D eigenvalue weighted by Crippen LogP contribution is 2.30. The van der Waals surface area contributed by atoms with Gasteiger partial charge in [-0.1, -0.05) is 0 Å². The third kappa shape index (κ3) is 2.81. The van der Waals surface area contributed by atoms with Gasteiger partial charge in [-0.15, -0.1) is 0 Å². The fourth-order valence-electron chi connectivity index (χ4n) is 3.56. The molecule has 1 saturated heterocycles. The Bertz CT molecular complexity index is 507. The summed E-state index contributed by atoms with van der Waals surface area (Å²) in [5.41, 5.74) is 2.59. The van der Waals surface area contributed by atoms with Gasteiger partial charge in [0.1, 0.15) is 5.82 Å². The highest BCUT2D eigenvalue weighted by Gasteiger charge is 2.32. The molecular weight excluding hydrogens is 262 g/mol. The van der Waals surface area contributed by atoms with E-state index < -0.39 is 0 Å². The molecule has 3 fully saturated rings. The smallest absolute Gasteiger partial charge is 0.131 e. The summed E-state index contributed by atoms with van der Waals surface area (Å²) in [6.45, 7) is 7.84. The lowest BCUT2D eigenvalue weighted by Crippen LogP contribution is -2.48. The molecule has 116 valence electrons. The quantitative estimate of drug-likeness (QED) is 0.885. The average molecular weight is 289 g/mol. The van der Waals surface area contributed by atoms with Gasteiger partial charge in [-0.2, -0.15) is 5.10 Å². The summed E-state index contributed by atoms with van der Waals surface area (Å²) in [4.78, 5) is 5.21. The minimum atomic E-state index is 0.754. The number of anilines is 1. The number of nitrogens with one attached hydrogen (secondary N) is 1. The molecule has 5 heteroatoms. The van der Waals surface area contributed by atoms with E-state index in [4.69, 9.17) is 0 Å². The Morgan fingerprint density at radius 2 is 1.81 bits per heavy atom. The molecular formula is C16H27N5. The maximum absolute atomic E-state index is 4.67. The average Bonchev–Trinajstić information content (AvgIpc) is 3.37. The summed E-state index contributed by atoms with van der Waals surface area (Å²) < 4.78 is 2.09. The van der Waals surface area contributed by atoms with Crippen molar-refractivity contribution in [1.82, 2.24) is 20.0 Å². The molecule has 0 spiro atoms. The standard InChI is InChI=1S/C16H27N5/c1-12-15(11-17-13-3-4-13)16(19(2)18-12)21-9-7-20(8-10-21)14-5-6-14/h13-14,17H,3-11H2,1-2H3. The zero-order valence-corrected chi connectivity index (χ0v) is 13.3. The number of hydrogen-bond donors (Lipinski definition) is 1. The molecule has 1 aromatic heterocycles. The third-order valence-corrected chi connectivity index (χ3v) is 5.14. The van der Waals surface area contributed by atoms with E-state index >= 15 is 0 Å². The van der Waals surface area contributed by atoms with Crippen molar-refractivity contribution in [2.75, 3.05) is 31.1 Å². The SMILES string of the molecule is Cc1nn(C)c(N2CCN(C3CC3)CC2)c1CNC1CC1. The molecule has 0 aromatic carbocycles. The van der Waals surface area contributed by atoms with E-state index in [9.17, 15) is 0 Å². The Kier molecular flexibility index (Phi) is 3.42. The van der Waals surface area contributed by atoms with Gasteiger partial charge in [-0.25, -0.2) is 0 Å².